The topological polar surface area (TPSA) is 123 Å². The summed E-state index contributed by atoms with van der Waals surface area (Å²) in [6.07, 6.45) is 1.52. The van der Waals surface area contributed by atoms with Gasteiger partial charge in [-0.25, -0.2) is 9.78 Å². The molecule has 2 aromatic heterocycles. The molecule has 0 atom stereocenters. The summed E-state index contributed by atoms with van der Waals surface area (Å²) < 4.78 is 12.0. The quantitative estimate of drug-likeness (QED) is 0.682. The lowest BCUT2D eigenvalue weighted by molar-refractivity contribution is 0.387. The molecule has 29 heavy (non-hydrogen) atoms. The number of ether oxygens (including phenoxy) is 2. The zero-order chi connectivity index (χ0) is 21.1. The number of hydrogen-bond acceptors (Lipinski definition) is 7. The van der Waals surface area contributed by atoms with Gasteiger partial charge in [0.15, 0.2) is 0 Å². The summed E-state index contributed by atoms with van der Waals surface area (Å²) >= 11 is 6.30. The molecular formula is C19H16ClN5O4. The van der Waals surface area contributed by atoms with Crippen LogP contribution >= 0.6 is 11.6 Å². The molecule has 2 heterocycles. The van der Waals surface area contributed by atoms with Crippen LogP contribution in [0.25, 0.3) is 5.69 Å². The molecule has 3 rings (SSSR count). The van der Waals surface area contributed by atoms with Crippen molar-refractivity contribution >= 4 is 11.6 Å². The second-order valence-corrected chi connectivity index (χ2v) is 6.68. The van der Waals surface area contributed by atoms with Crippen LogP contribution in [0, 0.1) is 11.3 Å². The Balaban J connectivity index is 1.96. The Morgan fingerprint density at radius 3 is 2.66 bits per heavy atom. The molecule has 148 valence electrons. The Bertz CT molecular complexity index is 1230. The molecule has 0 radical (unpaired) electrons. The van der Waals surface area contributed by atoms with Crippen molar-refractivity contribution in [3.8, 4) is 29.1 Å². The molecule has 0 aliphatic rings. The first kappa shape index (κ1) is 20.1. The number of pyridine rings is 1. The number of rotatable bonds is 5. The average Bonchev–Trinajstić information content (AvgIpc) is 2.69. The maximum absolute atomic E-state index is 12.0. The Morgan fingerprint density at radius 1 is 1.28 bits per heavy atom. The summed E-state index contributed by atoms with van der Waals surface area (Å²) in [4.78, 5) is 29.8. The molecule has 0 bridgehead atoms. The Morgan fingerprint density at radius 2 is 2.03 bits per heavy atom. The Labute approximate surface area is 170 Å². The summed E-state index contributed by atoms with van der Waals surface area (Å²) in [5, 5.41) is 12.9. The number of nitriles is 1. The van der Waals surface area contributed by atoms with Crippen LogP contribution in [-0.4, -0.2) is 26.9 Å². The van der Waals surface area contributed by atoms with Gasteiger partial charge >= 0.3 is 5.69 Å². The molecule has 0 saturated carbocycles. The Kier molecular flexibility index (Phi) is 5.66. The van der Waals surface area contributed by atoms with Gasteiger partial charge in [0.25, 0.3) is 5.56 Å². The standard InChI is InChI=1S/C19H16ClN5O4/c1-10(2)13-7-12(9-22-18(13)28-3)29-16-5-4-11(6-14(16)20)25-19(27)23-17(26)15(8-21)24-25/h4-7,9-10H,1-3H3,(H,23,26,27). The SMILES string of the molecule is COc1ncc(Oc2ccc(-n3nc(C#N)c(=O)[nH]c3=O)cc2Cl)cc1C(C)C. The minimum atomic E-state index is -0.854. The van der Waals surface area contributed by atoms with Crippen molar-refractivity contribution in [3.63, 3.8) is 0 Å². The van der Waals surface area contributed by atoms with Gasteiger partial charge in [0.1, 0.15) is 17.6 Å². The van der Waals surface area contributed by atoms with Crippen LogP contribution in [0.15, 0.2) is 40.1 Å². The maximum Gasteiger partial charge on any atom is 0.349 e. The van der Waals surface area contributed by atoms with Gasteiger partial charge in [-0.3, -0.25) is 9.78 Å². The first-order chi connectivity index (χ1) is 13.8. The van der Waals surface area contributed by atoms with Crippen molar-refractivity contribution in [2.75, 3.05) is 7.11 Å². The molecule has 0 spiro atoms. The number of hydrogen-bond donors (Lipinski definition) is 1. The highest BCUT2D eigenvalue weighted by atomic mass is 35.5. The van der Waals surface area contributed by atoms with Crippen LogP contribution in [0.4, 0.5) is 0 Å². The minimum absolute atomic E-state index is 0.173. The first-order valence-corrected chi connectivity index (χ1v) is 8.87. The molecule has 0 fully saturated rings. The van der Waals surface area contributed by atoms with Gasteiger partial charge in [0.2, 0.25) is 11.6 Å². The average molecular weight is 414 g/mol. The molecule has 0 aliphatic carbocycles. The van der Waals surface area contributed by atoms with Gasteiger partial charge in [-0.05, 0) is 30.2 Å². The number of nitrogens with zero attached hydrogens (tertiary/aromatic N) is 4. The number of aromatic nitrogens is 4. The van der Waals surface area contributed by atoms with Crippen molar-refractivity contribution in [2.24, 2.45) is 0 Å². The molecule has 1 N–H and O–H groups in total. The fraction of sp³-hybridized carbons (Fsp3) is 0.211. The van der Waals surface area contributed by atoms with E-state index in [0.29, 0.717) is 17.4 Å². The fourth-order valence-electron chi connectivity index (χ4n) is 2.57. The second kappa shape index (κ2) is 8.16. The third kappa shape index (κ3) is 4.12. The maximum atomic E-state index is 12.0. The molecule has 10 heteroatoms. The van der Waals surface area contributed by atoms with Gasteiger partial charge in [-0.2, -0.15) is 9.94 Å². The molecule has 0 saturated heterocycles. The summed E-state index contributed by atoms with van der Waals surface area (Å²) in [6.45, 7) is 4.02. The lowest BCUT2D eigenvalue weighted by Crippen LogP contribution is -2.33. The van der Waals surface area contributed by atoms with Crippen LogP contribution < -0.4 is 20.7 Å². The van der Waals surface area contributed by atoms with Crippen LogP contribution in [-0.2, 0) is 0 Å². The van der Waals surface area contributed by atoms with E-state index < -0.39 is 16.9 Å². The van der Waals surface area contributed by atoms with E-state index in [1.807, 2.05) is 24.9 Å². The zero-order valence-electron chi connectivity index (χ0n) is 15.8. The second-order valence-electron chi connectivity index (χ2n) is 6.27. The normalized spacial score (nSPS) is 10.6. The molecule has 9 nitrogen and oxygen atoms in total. The van der Waals surface area contributed by atoms with Crippen LogP contribution in [0.3, 0.4) is 0 Å². The molecular weight excluding hydrogens is 398 g/mol. The number of benzene rings is 1. The lowest BCUT2D eigenvalue weighted by Gasteiger charge is -2.14. The summed E-state index contributed by atoms with van der Waals surface area (Å²) in [5.41, 5.74) is -0.944. The summed E-state index contributed by atoms with van der Waals surface area (Å²) in [6, 6.07) is 7.94. The van der Waals surface area contributed by atoms with Gasteiger partial charge in [0, 0.05) is 5.56 Å². The van der Waals surface area contributed by atoms with Crippen molar-refractivity contribution in [3.05, 3.63) is 67.6 Å². The van der Waals surface area contributed by atoms with E-state index in [1.165, 1.54) is 18.3 Å². The number of nitrogens with one attached hydrogen (secondary N) is 1. The van der Waals surface area contributed by atoms with Crippen LogP contribution in [0.5, 0.6) is 17.4 Å². The van der Waals surface area contributed by atoms with Crippen LogP contribution in [0.1, 0.15) is 31.0 Å². The summed E-state index contributed by atoms with van der Waals surface area (Å²) in [5.74, 6) is 1.49. The van der Waals surface area contributed by atoms with Crippen LogP contribution in [0.2, 0.25) is 5.02 Å². The fourth-order valence-corrected chi connectivity index (χ4v) is 2.78. The first-order valence-electron chi connectivity index (χ1n) is 8.49. The molecule has 0 aliphatic heterocycles. The molecule has 1 aromatic carbocycles. The van der Waals surface area contributed by atoms with E-state index in [-0.39, 0.29) is 16.6 Å². The predicted molar refractivity (Wildman–Crippen MR) is 105 cm³/mol. The molecule has 0 unspecified atom stereocenters. The lowest BCUT2D eigenvalue weighted by atomic mass is 10.1. The van der Waals surface area contributed by atoms with Gasteiger partial charge in [-0.1, -0.05) is 25.4 Å². The molecule has 0 amide bonds. The third-order valence-electron chi connectivity index (χ3n) is 3.99. The third-order valence-corrected chi connectivity index (χ3v) is 4.29. The highest BCUT2D eigenvalue weighted by Gasteiger charge is 2.14. The van der Waals surface area contributed by atoms with Gasteiger partial charge < -0.3 is 9.47 Å². The number of aromatic amines is 1. The van der Waals surface area contributed by atoms with E-state index >= 15 is 0 Å². The largest absolute Gasteiger partial charge is 0.481 e. The highest BCUT2D eigenvalue weighted by Crippen LogP contribution is 2.33. The van der Waals surface area contributed by atoms with Crippen molar-refractivity contribution in [1.82, 2.24) is 19.7 Å². The smallest absolute Gasteiger partial charge is 0.349 e. The number of H-pyrrole nitrogens is 1. The number of methoxy groups -OCH3 is 1. The van der Waals surface area contributed by atoms with E-state index in [9.17, 15) is 9.59 Å². The van der Waals surface area contributed by atoms with Crippen molar-refractivity contribution in [1.29, 1.82) is 5.26 Å². The Hall–Kier alpha value is -3.64. The highest BCUT2D eigenvalue weighted by molar-refractivity contribution is 6.32. The minimum Gasteiger partial charge on any atom is -0.481 e. The van der Waals surface area contributed by atoms with Crippen molar-refractivity contribution < 1.29 is 9.47 Å². The van der Waals surface area contributed by atoms with Gasteiger partial charge in [-0.15, -0.1) is 5.10 Å². The van der Waals surface area contributed by atoms with E-state index in [2.05, 4.69) is 10.1 Å². The monoisotopic (exact) mass is 413 g/mol. The van der Waals surface area contributed by atoms with Crippen molar-refractivity contribution in [2.45, 2.75) is 19.8 Å². The zero-order valence-corrected chi connectivity index (χ0v) is 16.5. The van der Waals surface area contributed by atoms with E-state index in [1.54, 1.807) is 19.2 Å². The molecule has 3 aromatic rings. The number of halogens is 1. The van der Waals surface area contributed by atoms with Gasteiger partial charge in [0.05, 0.1) is 24.0 Å². The predicted octanol–water partition coefficient (Wildman–Crippen LogP) is 2.77. The van der Waals surface area contributed by atoms with E-state index in [4.69, 9.17) is 26.3 Å². The van der Waals surface area contributed by atoms with E-state index in [0.717, 1.165) is 10.2 Å². The summed E-state index contributed by atoms with van der Waals surface area (Å²) in [7, 11) is 1.55.